The maximum absolute atomic E-state index is 13.4. The minimum absolute atomic E-state index is 0.482. The SMILES string of the molecule is CCNc1ccc(C(c2ccc(C)c(CN3CCCc4ccc(C(F)(F)F)cc4S3)c2)C(C)(C)C(=O)O)c(C)c1N. The fourth-order valence-corrected chi connectivity index (χ4v) is 6.68. The highest BCUT2D eigenvalue weighted by molar-refractivity contribution is 7.97. The number of nitrogen functional groups attached to an aromatic ring is 1. The van der Waals surface area contributed by atoms with E-state index in [0.29, 0.717) is 30.1 Å². The van der Waals surface area contributed by atoms with Crippen LogP contribution in [0.4, 0.5) is 24.5 Å². The molecule has 0 aliphatic carbocycles. The summed E-state index contributed by atoms with van der Waals surface area (Å²) in [7, 11) is 0. The van der Waals surface area contributed by atoms with Crippen molar-refractivity contribution in [2.45, 2.75) is 71.0 Å². The summed E-state index contributed by atoms with van der Waals surface area (Å²) in [5.41, 5.74) is 11.6. The molecule has 0 amide bonds. The van der Waals surface area contributed by atoms with Crippen LogP contribution >= 0.6 is 11.9 Å². The summed E-state index contributed by atoms with van der Waals surface area (Å²) < 4.78 is 42.3. The Morgan fingerprint density at radius 3 is 2.51 bits per heavy atom. The van der Waals surface area contributed by atoms with Gasteiger partial charge >= 0.3 is 12.1 Å². The first-order valence-corrected chi connectivity index (χ1v) is 14.6. The number of rotatable bonds is 8. The lowest BCUT2D eigenvalue weighted by Crippen LogP contribution is -2.33. The molecule has 5 nitrogen and oxygen atoms in total. The summed E-state index contributed by atoms with van der Waals surface area (Å²) in [5.74, 6) is -1.40. The maximum atomic E-state index is 13.4. The van der Waals surface area contributed by atoms with E-state index in [1.54, 1.807) is 19.9 Å². The van der Waals surface area contributed by atoms with E-state index < -0.39 is 29.0 Å². The van der Waals surface area contributed by atoms with E-state index in [0.717, 1.165) is 58.1 Å². The van der Waals surface area contributed by atoms with Crippen LogP contribution < -0.4 is 11.1 Å². The van der Waals surface area contributed by atoms with Crippen molar-refractivity contribution in [1.29, 1.82) is 0 Å². The molecule has 3 aromatic carbocycles. The molecule has 1 unspecified atom stereocenters. The number of nitrogens with two attached hydrogens (primary N) is 1. The summed E-state index contributed by atoms with van der Waals surface area (Å²) in [5, 5.41) is 13.5. The average molecular weight is 586 g/mol. The van der Waals surface area contributed by atoms with Crippen molar-refractivity contribution in [3.05, 3.63) is 87.5 Å². The Morgan fingerprint density at radius 1 is 1.12 bits per heavy atom. The summed E-state index contributed by atoms with van der Waals surface area (Å²) >= 11 is 1.36. The molecule has 9 heteroatoms. The zero-order valence-corrected chi connectivity index (χ0v) is 25.0. The van der Waals surface area contributed by atoms with Crippen LogP contribution in [0.1, 0.15) is 72.1 Å². The summed E-state index contributed by atoms with van der Waals surface area (Å²) in [4.78, 5) is 13.2. The Morgan fingerprint density at radius 2 is 1.85 bits per heavy atom. The molecule has 0 saturated carbocycles. The molecule has 0 saturated heterocycles. The number of hydrogen-bond acceptors (Lipinski definition) is 5. The van der Waals surface area contributed by atoms with E-state index >= 15 is 0 Å². The zero-order chi connectivity index (χ0) is 30.1. The lowest BCUT2D eigenvalue weighted by molar-refractivity contribution is -0.147. The topological polar surface area (TPSA) is 78.6 Å². The van der Waals surface area contributed by atoms with Gasteiger partial charge in [0.25, 0.3) is 0 Å². The Bertz CT molecular complexity index is 1440. The molecule has 1 aliphatic rings. The van der Waals surface area contributed by atoms with Crippen molar-refractivity contribution >= 4 is 29.3 Å². The maximum Gasteiger partial charge on any atom is 0.416 e. The fraction of sp³-hybridized carbons (Fsp3) is 0.406. The minimum Gasteiger partial charge on any atom is -0.481 e. The number of benzene rings is 3. The second kappa shape index (κ2) is 12.0. The number of carboxylic acids is 1. The molecule has 1 aliphatic heterocycles. The molecule has 0 radical (unpaired) electrons. The molecule has 0 aromatic heterocycles. The molecule has 41 heavy (non-hydrogen) atoms. The van der Waals surface area contributed by atoms with Gasteiger partial charge in [0.2, 0.25) is 0 Å². The zero-order valence-electron chi connectivity index (χ0n) is 24.2. The van der Waals surface area contributed by atoms with E-state index in [4.69, 9.17) is 5.73 Å². The van der Waals surface area contributed by atoms with Crippen LogP contribution in [0.2, 0.25) is 0 Å². The Labute approximate surface area is 244 Å². The monoisotopic (exact) mass is 585 g/mol. The number of carbonyl (C=O) groups is 1. The second-order valence-corrected chi connectivity index (χ2v) is 12.4. The first-order chi connectivity index (χ1) is 19.2. The number of aryl methyl sites for hydroxylation is 2. The van der Waals surface area contributed by atoms with E-state index in [9.17, 15) is 23.1 Å². The van der Waals surface area contributed by atoms with Crippen LogP contribution in [0.25, 0.3) is 0 Å². The third-order valence-corrected chi connectivity index (χ3v) is 9.18. The third-order valence-electron chi connectivity index (χ3n) is 8.04. The van der Waals surface area contributed by atoms with Gasteiger partial charge in [0, 0.05) is 30.4 Å². The molecule has 0 spiro atoms. The largest absolute Gasteiger partial charge is 0.481 e. The molecule has 4 N–H and O–H groups in total. The van der Waals surface area contributed by atoms with Gasteiger partial charge in [0.1, 0.15) is 0 Å². The van der Waals surface area contributed by atoms with Gasteiger partial charge in [-0.25, -0.2) is 4.31 Å². The molecular weight excluding hydrogens is 547 g/mol. The molecule has 0 fully saturated rings. The highest BCUT2D eigenvalue weighted by atomic mass is 32.2. The van der Waals surface area contributed by atoms with Gasteiger partial charge in [-0.05, 0) is 111 Å². The smallest absolute Gasteiger partial charge is 0.416 e. The fourth-order valence-electron chi connectivity index (χ4n) is 5.51. The van der Waals surface area contributed by atoms with Gasteiger partial charge in [-0.1, -0.05) is 30.3 Å². The number of nitrogens with one attached hydrogen (secondary N) is 1. The van der Waals surface area contributed by atoms with Crippen molar-refractivity contribution < 1.29 is 23.1 Å². The van der Waals surface area contributed by atoms with Gasteiger partial charge in [-0.15, -0.1) is 0 Å². The number of aliphatic carboxylic acids is 1. The van der Waals surface area contributed by atoms with Crippen LogP contribution in [0, 0.1) is 19.3 Å². The van der Waals surface area contributed by atoms with Gasteiger partial charge in [0.05, 0.1) is 22.4 Å². The Kier molecular flexibility index (Phi) is 8.99. The van der Waals surface area contributed by atoms with Crippen molar-refractivity contribution in [2.24, 2.45) is 5.41 Å². The second-order valence-electron chi connectivity index (χ2n) is 11.3. The van der Waals surface area contributed by atoms with Crippen LogP contribution in [0.5, 0.6) is 0 Å². The number of hydrogen-bond donors (Lipinski definition) is 3. The average Bonchev–Trinajstić information content (AvgIpc) is 3.10. The highest BCUT2D eigenvalue weighted by Crippen LogP contribution is 2.45. The van der Waals surface area contributed by atoms with E-state index in [-0.39, 0.29) is 0 Å². The normalized spacial score (nSPS) is 15.2. The van der Waals surface area contributed by atoms with Crippen molar-refractivity contribution in [2.75, 3.05) is 24.1 Å². The Hall–Kier alpha value is -3.17. The predicted octanol–water partition coefficient (Wildman–Crippen LogP) is 8.03. The summed E-state index contributed by atoms with van der Waals surface area (Å²) in [6.07, 6.45) is -2.85. The number of nitrogens with zero attached hydrogens (tertiary/aromatic N) is 1. The number of alkyl halides is 3. The molecule has 1 atom stereocenters. The van der Waals surface area contributed by atoms with Crippen LogP contribution in [-0.2, 0) is 23.9 Å². The molecule has 3 aromatic rings. The van der Waals surface area contributed by atoms with Gasteiger partial charge in [0.15, 0.2) is 0 Å². The molecule has 1 heterocycles. The standard InChI is InChI=1S/C32H38F3N3O2S/c1-6-37-26-14-13-25(20(3)29(26)36)28(31(4,5)30(39)40)22-10-9-19(2)23(16-22)18-38-15-7-8-21-11-12-24(32(33,34)35)17-27(21)41-38/h9-14,16-17,28,37H,6-8,15,18,36H2,1-5H3,(H,39,40). The highest BCUT2D eigenvalue weighted by Gasteiger charge is 2.40. The quantitative estimate of drug-likeness (QED) is 0.183. The predicted molar refractivity (Wildman–Crippen MR) is 160 cm³/mol. The van der Waals surface area contributed by atoms with Gasteiger partial charge in [-0.3, -0.25) is 4.79 Å². The third kappa shape index (κ3) is 6.51. The van der Waals surface area contributed by atoms with E-state index in [1.165, 1.54) is 18.0 Å². The first kappa shape index (κ1) is 30.8. The van der Waals surface area contributed by atoms with Crippen LogP contribution in [0.15, 0.2) is 53.4 Å². The molecule has 220 valence electrons. The van der Waals surface area contributed by atoms with Crippen LogP contribution in [-0.4, -0.2) is 28.5 Å². The van der Waals surface area contributed by atoms with Crippen molar-refractivity contribution in [3.8, 4) is 0 Å². The lowest BCUT2D eigenvalue weighted by Gasteiger charge is -2.34. The van der Waals surface area contributed by atoms with Crippen LogP contribution in [0.3, 0.4) is 0 Å². The van der Waals surface area contributed by atoms with E-state index in [1.807, 2.05) is 45.0 Å². The number of anilines is 2. The number of halogens is 3. The lowest BCUT2D eigenvalue weighted by atomic mass is 9.69. The first-order valence-electron chi connectivity index (χ1n) is 13.8. The number of fused-ring (bicyclic) bond motifs is 1. The van der Waals surface area contributed by atoms with Gasteiger partial charge < -0.3 is 16.2 Å². The van der Waals surface area contributed by atoms with Crippen molar-refractivity contribution in [1.82, 2.24) is 4.31 Å². The van der Waals surface area contributed by atoms with E-state index in [2.05, 4.69) is 15.7 Å². The van der Waals surface area contributed by atoms with Gasteiger partial charge in [-0.2, -0.15) is 13.2 Å². The molecule has 0 bridgehead atoms. The molecular formula is C32H38F3N3O2S. The summed E-state index contributed by atoms with van der Waals surface area (Å²) in [6.45, 7) is 11.3. The Balaban J connectivity index is 1.72. The number of carboxylic acid groups (broad SMARTS) is 1. The van der Waals surface area contributed by atoms with Crippen molar-refractivity contribution in [3.63, 3.8) is 0 Å². The minimum atomic E-state index is -4.39. The molecule has 4 rings (SSSR count). The summed E-state index contributed by atoms with van der Waals surface area (Å²) in [6, 6.07) is 13.9.